The van der Waals surface area contributed by atoms with E-state index in [1.54, 1.807) is 27.0 Å². The first-order valence-electron chi connectivity index (χ1n) is 13.8. The van der Waals surface area contributed by atoms with Gasteiger partial charge in [0.05, 0.1) is 12.1 Å². The van der Waals surface area contributed by atoms with Gasteiger partial charge in [-0.1, -0.05) is 63.2 Å². The molecule has 4 rings (SSSR count). The van der Waals surface area contributed by atoms with Crippen molar-refractivity contribution in [1.82, 2.24) is 25.8 Å². The lowest BCUT2D eigenvalue weighted by atomic mass is 9.91. The minimum atomic E-state index is -1.07. The maximum absolute atomic E-state index is 13.8. The van der Waals surface area contributed by atoms with Crippen molar-refractivity contribution in [2.75, 3.05) is 19.6 Å². The molecule has 0 bridgehead atoms. The molecule has 1 aliphatic rings. The minimum absolute atomic E-state index is 0. The Labute approximate surface area is 251 Å². The molecule has 1 saturated heterocycles. The average Bonchev–Trinajstić information content (AvgIpc) is 3.65. The summed E-state index contributed by atoms with van der Waals surface area (Å²) in [6.45, 7) is 6.69. The van der Waals surface area contributed by atoms with Crippen LogP contribution in [0.1, 0.15) is 44.2 Å². The number of thiazole rings is 1. The highest BCUT2D eigenvalue weighted by Gasteiger charge is 2.42. The number of benzene rings is 2. The van der Waals surface area contributed by atoms with Crippen LogP contribution in [0, 0.1) is 5.41 Å². The molecule has 41 heavy (non-hydrogen) atoms. The van der Waals surface area contributed by atoms with E-state index in [-0.39, 0.29) is 37.8 Å². The Balaban J connectivity index is 0.00000462. The first-order chi connectivity index (χ1) is 19.1. The molecule has 11 heteroatoms. The fourth-order valence-corrected chi connectivity index (χ4v) is 5.39. The quantitative estimate of drug-likeness (QED) is 0.266. The van der Waals surface area contributed by atoms with E-state index in [4.69, 9.17) is 0 Å². The number of nitrogens with one attached hydrogen (secondary N) is 3. The second-order valence-corrected chi connectivity index (χ2v) is 12.2. The number of amides is 3. The molecule has 1 unspecified atom stereocenters. The number of imide groups is 1. The van der Waals surface area contributed by atoms with Gasteiger partial charge in [0.25, 0.3) is 0 Å². The Morgan fingerprint density at radius 1 is 1.15 bits per heavy atom. The summed E-state index contributed by atoms with van der Waals surface area (Å²) >= 11 is 1.52. The summed E-state index contributed by atoms with van der Waals surface area (Å²) in [5.41, 5.74) is -0.0430. The van der Waals surface area contributed by atoms with E-state index >= 15 is 0 Å². The molecule has 1 aliphatic heterocycles. The van der Waals surface area contributed by atoms with Crippen molar-refractivity contribution in [3.63, 3.8) is 0 Å². The van der Waals surface area contributed by atoms with Crippen molar-refractivity contribution in [2.45, 2.75) is 64.8 Å². The summed E-state index contributed by atoms with van der Waals surface area (Å²) in [6.07, 6.45) is 2.47. The lowest BCUT2D eigenvalue weighted by Crippen LogP contribution is -2.60. The molecule has 3 amide bonds. The van der Waals surface area contributed by atoms with Gasteiger partial charge in [-0.25, -0.2) is 4.98 Å². The maximum atomic E-state index is 13.8. The molecule has 0 aliphatic carbocycles. The monoisotopic (exact) mass is 601 g/mol. The minimum Gasteiger partial charge on any atom is -0.390 e. The summed E-state index contributed by atoms with van der Waals surface area (Å²) in [5.74, 6) is -1.27. The molecular formula is C30H40ClN5O4S. The predicted molar refractivity (Wildman–Crippen MR) is 164 cm³/mol. The van der Waals surface area contributed by atoms with E-state index in [2.05, 4.69) is 20.9 Å². The third-order valence-electron chi connectivity index (χ3n) is 6.97. The smallest absolute Gasteiger partial charge is 0.247 e. The van der Waals surface area contributed by atoms with Crippen molar-refractivity contribution in [1.29, 1.82) is 0 Å². The number of carbonyl (C=O) groups is 3. The fraction of sp³-hybridized carbons (Fsp3) is 0.467. The number of hydrogen-bond donors (Lipinski definition) is 4. The van der Waals surface area contributed by atoms with Crippen molar-refractivity contribution in [2.24, 2.45) is 5.41 Å². The number of carbonyl (C=O) groups excluding carboxylic acids is 3. The van der Waals surface area contributed by atoms with Gasteiger partial charge in [0.15, 0.2) is 0 Å². The van der Waals surface area contributed by atoms with E-state index in [0.717, 1.165) is 27.8 Å². The Morgan fingerprint density at radius 2 is 1.90 bits per heavy atom. The van der Waals surface area contributed by atoms with E-state index in [1.165, 1.54) is 16.2 Å². The predicted octanol–water partition coefficient (Wildman–Crippen LogP) is 3.05. The second-order valence-electron chi connectivity index (χ2n) is 11.3. The SMILES string of the molecule is CC(C)(C)C(=O)N(C(=O)[C@@H]1CCCN1)[C@H](Cc1ccc2ccccc2c1)C(=O)NCC(O)CNCc1nccs1.Cl. The van der Waals surface area contributed by atoms with Crippen molar-refractivity contribution in [3.05, 3.63) is 64.6 Å². The van der Waals surface area contributed by atoms with Gasteiger partial charge in [0.2, 0.25) is 17.7 Å². The molecule has 2 aromatic carbocycles. The zero-order valence-electron chi connectivity index (χ0n) is 23.8. The highest BCUT2D eigenvalue weighted by atomic mass is 35.5. The van der Waals surface area contributed by atoms with Crippen LogP contribution < -0.4 is 16.0 Å². The topological polar surface area (TPSA) is 124 Å². The molecule has 0 radical (unpaired) electrons. The molecule has 9 nitrogen and oxygen atoms in total. The number of aliphatic hydroxyl groups is 1. The standard InChI is InChI=1S/C30H39N5O4S.ClH/c1-30(2,3)29(39)35(28(38)24-9-6-12-32-24)25(16-20-10-11-21-7-4-5-8-22(21)15-20)27(37)34-18-23(36)17-31-19-26-33-13-14-40-26;/h4-5,7-8,10-11,13-15,23-25,31-32,36H,6,9,12,16-19H2,1-3H3,(H,34,37);1H/t23?,24-,25+;/m0./s1. The Morgan fingerprint density at radius 3 is 2.56 bits per heavy atom. The van der Waals surface area contributed by atoms with Gasteiger partial charge in [-0.2, -0.15) is 0 Å². The van der Waals surface area contributed by atoms with Crippen LogP contribution in [-0.2, 0) is 27.3 Å². The van der Waals surface area contributed by atoms with Gasteiger partial charge >= 0.3 is 0 Å². The molecule has 0 spiro atoms. The van der Waals surface area contributed by atoms with E-state index in [9.17, 15) is 19.5 Å². The maximum Gasteiger partial charge on any atom is 0.247 e. The van der Waals surface area contributed by atoms with E-state index in [1.807, 2.05) is 47.8 Å². The highest BCUT2D eigenvalue weighted by Crippen LogP contribution is 2.25. The van der Waals surface area contributed by atoms with E-state index < -0.39 is 35.4 Å². The first-order valence-corrected chi connectivity index (χ1v) is 14.6. The zero-order valence-corrected chi connectivity index (χ0v) is 25.4. The van der Waals surface area contributed by atoms with Crippen LogP contribution in [0.3, 0.4) is 0 Å². The van der Waals surface area contributed by atoms with Gasteiger partial charge in [-0.3, -0.25) is 19.3 Å². The summed E-state index contributed by atoms with van der Waals surface area (Å²) in [5, 5.41) is 24.5. The summed E-state index contributed by atoms with van der Waals surface area (Å²) in [4.78, 5) is 46.6. The highest BCUT2D eigenvalue weighted by molar-refractivity contribution is 7.09. The molecule has 1 fully saturated rings. The molecule has 2 heterocycles. The number of halogens is 1. The van der Waals surface area contributed by atoms with Crippen LogP contribution >= 0.6 is 23.7 Å². The molecule has 3 aromatic rings. The van der Waals surface area contributed by atoms with Crippen LogP contribution in [-0.4, -0.2) is 70.5 Å². The lowest BCUT2D eigenvalue weighted by molar-refractivity contribution is -0.157. The van der Waals surface area contributed by atoms with E-state index in [0.29, 0.717) is 19.5 Å². The third-order valence-corrected chi connectivity index (χ3v) is 7.74. The zero-order chi connectivity index (χ0) is 28.7. The number of aliphatic hydroxyl groups excluding tert-OH is 1. The van der Waals surface area contributed by atoms with Crippen LogP contribution in [0.4, 0.5) is 0 Å². The Kier molecular flexibility index (Phi) is 11.8. The molecule has 3 atom stereocenters. The molecule has 1 aromatic heterocycles. The number of fused-ring (bicyclic) bond motifs is 1. The van der Waals surface area contributed by atoms with Gasteiger partial charge in [-0.05, 0) is 35.7 Å². The summed E-state index contributed by atoms with van der Waals surface area (Å²) in [6, 6.07) is 12.2. The largest absolute Gasteiger partial charge is 0.390 e. The number of aromatic nitrogens is 1. The second kappa shape index (κ2) is 14.8. The van der Waals surface area contributed by atoms with Crippen molar-refractivity contribution in [3.8, 4) is 0 Å². The summed E-state index contributed by atoms with van der Waals surface area (Å²) in [7, 11) is 0. The van der Waals surface area contributed by atoms with Gasteiger partial charge in [0.1, 0.15) is 11.0 Å². The van der Waals surface area contributed by atoms with Crippen molar-refractivity contribution >= 4 is 52.2 Å². The van der Waals surface area contributed by atoms with Gasteiger partial charge in [0, 0.05) is 43.0 Å². The normalized spacial score (nSPS) is 16.5. The van der Waals surface area contributed by atoms with Crippen molar-refractivity contribution < 1.29 is 19.5 Å². The fourth-order valence-electron chi connectivity index (χ4n) is 4.80. The third kappa shape index (κ3) is 8.80. The van der Waals surface area contributed by atoms with Gasteiger partial charge < -0.3 is 21.1 Å². The number of nitrogens with zero attached hydrogens (tertiary/aromatic N) is 2. The molecule has 4 N–H and O–H groups in total. The average molecular weight is 602 g/mol. The molecule has 0 saturated carbocycles. The molecular weight excluding hydrogens is 562 g/mol. The Hall–Kier alpha value is -2.89. The Bertz CT molecular complexity index is 1310. The summed E-state index contributed by atoms with van der Waals surface area (Å²) < 4.78 is 0. The number of rotatable bonds is 11. The lowest BCUT2D eigenvalue weighted by Gasteiger charge is -2.35. The van der Waals surface area contributed by atoms with Crippen LogP contribution in [0.5, 0.6) is 0 Å². The van der Waals surface area contributed by atoms with Crippen LogP contribution in [0.15, 0.2) is 54.0 Å². The first kappa shape index (κ1) is 32.6. The van der Waals surface area contributed by atoms with Gasteiger partial charge in [-0.15, -0.1) is 23.7 Å². The number of hydrogen-bond acceptors (Lipinski definition) is 8. The van der Waals surface area contributed by atoms with Crippen LogP contribution in [0.2, 0.25) is 0 Å². The molecule has 222 valence electrons. The van der Waals surface area contributed by atoms with Crippen LogP contribution in [0.25, 0.3) is 10.8 Å².